The Labute approximate surface area is 258 Å². The van der Waals surface area contributed by atoms with Crippen LogP contribution in [-0.2, 0) is 16.0 Å². The first-order valence-electron chi connectivity index (χ1n) is 14.3. The zero-order valence-electron chi connectivity index (χ0n) is 24.7. The highest BCUT2D eigenvalue weighted by Gasteiger charge is 2.34. The highest BCUT2D eigenvalue weighted by Crippen LogP contribution is 2.39. The number of ether oxygens (including phenoxy) is 3. The van der Waals surface area contributed by atoms with Crippen molar-refractivity contribution in [3.8, 4) is 22.6 Å². The fourth-order valence-corrected chi connectivity index (χ4v) is 5.20. The molecule has 0 spiro atoms. The lowest BCUT2D eigenvalue weighted by Crippen LogP contribution is -2.38. The lowest BCUT2D eigenvalue weighted by Gasteiger charge is -2.38. The molecule has 3 aromatic rings. The summed E-state index contributed by atoms with van der Waals surface area (Å²) >= 11 is 6.15. The molecule has 1 atom stereocenters. The van der Waals surface area contributed by atoms with Crippen molar-refractivity contribution in [1.82, 2.24) is 9.55 Å². The summed E-state index contributed by atoms with van der Waals surface area (Å²) in [6.07, 6.45) is 1.54. The van der Waals surface area contributed by atoms with Gasteiger partial charge in [0, 0.05) is 47.9 Å². The van der Waals surface area contributed by atoms with Crippen LogP contribution in [0.5, 0.6) is 11.5 Å². The molecule has 0 amide bonds. The second-order valence-corrected chi connectivity index (χ2v) is 11.4. The van der Waals surface area contributed by atoms with Gasteiger partial charge in [0.2, 0.25) is 0 Å². The number of alkyl halides is 3. The third kappa shape index (κ3) is 8.26. The van der Waals surface area contributed by atoms with E-state index in [1.165, 1.54) is 48.3 Å². The summed E-state index contributed by atoms with van der Waals surface area (Å²) in [6, 6.07) is 7.50. The van der Waals surface area contributed by atoms with Gasteiger partial charge in [0.05, 0.1) is 24.9 Å². The van der Waals surface area contributed by atoms with E-state index >= 15 is 0 Å². The van der Waals surface area contributed by atoms with Crippen molar-refractivity contribution >= 4 is 23.2 Å². The summed E-state index contributed by atoms with van der Waals surface area (Å²) in [6.45, 7) is 2.41. The number of rotatable bonds is 14. The minimum Gasteiger partial charge on any atom is -0.495 e. The summed E-state index contributed by atoms with van der Waals surface area (Å²) in [4.78, 5) is 43.4. The third-order valence-corrected chi connectivity index (χ3v) is 7.89. The molecule has 0 bridgehead atoms. The van der Waals surface area contributed by atoms with Crippen LogP contribution in [0.25, 0.3) is 11.1 Å². The molecule has 0 aliphatic heterocycles. The molecular formula is C32H34ClF3N2O6. The number of halogens is 4. The van der Waals surface area contributed by atoms with Crippen LogP contribution >= 0.6 is 11.6 Å². The second-order valence-electron chi connectivity index (χ2n) is 11.0. The molecule has 1 unspecified atom stereocenters. The van der Waals surface area contributed by atoms with Crippen LogP contribution in [0.4, 0.5) is 13.2 Å². The molecule has 0 N–H and O–H groups in total. The molecule has 8 nitrogen and oxygen atoms in total. The van der Waals surface area contributed by atoms with Crippen LogP contribution in [0.1, 0.15) is 68.0 Å². The normalized spacial score (nSPS) is 14.9. The lowest BCUT2D eigenvalue weighted by molar-refractivity contribution is -0.153. The topological polar surface area (TPSA) is 96.7 Å². The Morgan fingerprint density at radius 3 is 2.43 bits per heavy atom. The van der Waals surface area contributed by atoms with E-state index in [1.54, 1.807) is 19.1 Å². The molecule has 2 aromatic heterocycles. The third-order valence-electron chi connectivity index (χ3n) is 7.66. The molecule has 1 aromatic carbocycles. The highest BCUT2D eigenvalue weighted by molar-refractivity contribution is 6.31. The van der Waals surface area contributed by atoms with Crippen molar-refractivity contribution in [3.05, 3.63) is 75.4 Å². The van der Waals surface area contributed by atoms with Crippen LogP contribution in [0.3, 0.4) is 0 Å². The van der Waals surface area contributed by atoms with Gasteiger partial charge in [-0.3, -0.25) is 19.4 Å². The van der Waals surface area contributed by atoms with Gasteiger partial charge < -0.3 is 18.8 Å². The van der Waals surface area contributed by atoms with Crippen molar-refractivity contribution < 1.29 is 37.0 Å². The molecule has 1 saturated carbocycles. The zero-order chi connectivity index (χ0) is 32.1. The molecule has 1 aliphatic rings. The number of nitrogens with zero attached hydrogens (tertiary/aromatic N) is 2. The van der Waals surface area contributed by atoms with Crippen LogP contribution in [0.15, 0.2) is 53.6 Å². The van der Waals surface area contributed by atoms with E-state index in [4.69, 9.17) is 25.8 Å². The first-order chi connectivity index (χ1) is 20.8. The van der Waals surface area contributed by atoms with Gasteiger partial charge in [-0.05, 0) is 62.4 Å². The first kappa shape index (κ1) is 33.2. The Morgan fingerprint density at radius 1 is 1.11 bits per heavy atom. The molecule has 2 heterocycles. The molecule has 12 heteroatoms. The van der Waals surface area contributed by atoms with Gasteiger partial charge in [0.15, 0.2) is 18.2 Å². The van der Waals surface area contributed by atoms with Crippen molar-refractivity contribution in [1.29, 1.82) is 0 Å². The number of methoxy groups -OCH3 is 1. The maximum Gasteiger partial charge on any atom is 0.422 e. The average molecular weight is 635 g/mol. The summed E-state index contributed by atoms with van der Waals surface area (Å²) in [5.41, 5.74) is 0.293. The maximum atomic E-state index is 13.7. The van der Waals surface area contributed by atoms with E-state index in [9.17, 15) is 27.6 Å². The molecule has 236 valence electrons. The predicted molar refractivity (Wildman–Crippen MR) is 159 cm³/mol. The minimum atomic E-state index is -4.59. The maximum absolute atomic E-state index is 13.7. The minimum absolute atomic E-state index is 0.0598. The van der Waals surface area contributed by atoms with Crippen molar-refractivity contribution in [2.75, 3.05) is 20.3 Å². The van der Waals surface area contributed by atoms with Gasteiger partial charge in [-0.1, -0.05) is 24.6 Å². The second kappa shape index (κ2) is 13.9. The standard InChI is InChI=1S/C32H34ClF3N2O6/c1-4-26(39)24-8-6-20(17-37-24)14-27(40)25(10-13-44-31(2)11-5-12-31)38-18-29(42-3)23(16-30(38)41)22-15-21(33)7-9-28(22)43-19-32(34,35)36/h6-9,15-18,25H,4-5,10-14,19H2,1-3H3. The van der Waals surface area contributed by atoms with Gasteiger partial charge >= 0.3 is 6.18 Å². The average Bonchev–Trinajstić information content (AvgIpc) is 2.97. The summed E-state index contributed by atoms with van der Waals surface area (Å²) < 4.78 is 56.7. The Balaban J connectivity index is 1.68. The summed E-state index contributed by atoms with van der Waals surface area (Å²) in [5.74, 6) is -0.433. The number of hydrogen-bond donors (Lipinski definition) is 0. The quantitative estimate of drug-likeness (QED) is 0.180. The molecule has 0 radical (unpaired) electrons. The fraction of sp³-hybridized carbons (Fsp3) is 0.438. The van der Waals surface area contributed by atoms with Crippen molar-refractivity contribution in [2.45, 2.75) is 70.2 Å². The number of carbonyl (C=O) groups is 2. The molecule has 4 rings (SSSR count). The van der Waals surface area contributed by atoms with E-state index < -0.39 is 24.4 Å². The Bertz CT molecular complexity index is 1550. The number of benzene rings is 1. The number of hydrogen-bond acceptors (Lipinski definition) is 7. The van der Waals surface area contributed by atoms with Crippen LogP contribution in [-0.4, -0.2) is 53.2 Å². The fourth-order valence-electron chi connectivity index (χ4n) is 5.03. The highest BCUT2D eigenvalue weighted by atomic mass is 35.5. The SMILES string of the molecule is CCC(=O)c1ccc(CC(=O)C(CCOC2(C)CCC2)n2cc(OC)c(-c3cc(Cl)ccc3OCC(F)(F)F)cc2=O)cn1. The Hall–Kier alpha value is -3.70. The largest absolute Gasteiger partial charge is 0.495 e. The number of aromatic nitrogens is 2. The number of Topliss-reactive ketones (excluding diaryl/α,β-unsaturated/α-hetero) is 2. The van der Waals surface area contributed by atoms with Gasteiger partial charge in [-0.2, -0.15) is 13.2 Å². The van der Waals surface area contributed by atoms with Gasteiger partial charge in [0.1, 0.15) is 17.2 Å². The monoisotopic (exact) mass is 634 g/mol. The van der Waals surface area contributed by atoms with Gasteiger partial charge in [0.25, 0.3) is 5.56 Å². The van der Waals surface area contributed by atoms with E-state index in [0.29, 0.717) is 17.7 Å². The van der Waals surface area contributed by atoms with Crippen LogP contribution in [0.2, 0.25) is 5.02 Å². The zero-order valence-corrected chi connectivity index (χ0v) is 25.5. The van der Waals surface area contributed by atoms with Crippen LogP contribution in [0, 0.1) is 0 Å². The van der Waals surface area contributed by atoms with Crippen molar-refractivity contribution in [2.24, 2.45) is 0 Å². The number of carbonyl (C=O) groups excluding carboxylic acids is 2. The van der Waals surface area contributed by atoms with E-state index in [2.05, 4.69) is 4.98 Å². The van der Waals surface area contributed by atoms with Crippen molar-refractivity contribution in [3.63, 3.8) is 0 Å². The predicted octanol–water partition coefficient (Wildman–Crippen LogP) is 6.81. The molecule has 1 aliphatic carbocycles. The summed E-state index contributed by atoms with van der Waals surface area (Å²) in [5, 5.41) is 0.209. The summed E-state index contributed by atoms with van der Waals surface area (Å²) in [7, 11) is 1.34. The van der Waals surface area contributed by atoms with Crippen LogP contribution < -0.4 is 15.0 Å². The molecule has 1 fully saturated rings. The molecular weight excluding hydrogens is 601 g/mol. The number of ketones is 2. The van der Waals surface area contributed by atoms with E-state index in [-0.39, 0.29) is 64.3 Å². The van der Waals surface area contributed by atoms with E-state index in [0.717, 1.165) is 19.3 Å². The smallest absolute Gasteiger partial charge is 0.422 e. The molecule has 44 heavy (non-hydrogen) atoms. The Morgan fingerprint density at radius 2 is 1.84 bits per heavy atom. The lowest BCUT2D eigenvalue weighted by atomic mass is 9.82. The Kier molecular flexibility index (Phi) is 10.5. The first-order valence-corrected chi connectivity index (χ1v) is 14.6. The van der Waals surface area contributed by atoms with Gasteiger partial charge in [-0.25, -0.2) is 0 Å². The molecule has 0 saturated heterocycles. The van der Waals surface area contributed by atoms with Gasteiger partial charge in [-0.15, -0.1) is 0 Å². The number of pyridine rings is 2. The van der Waals surface area contributed by atoms with E-state index in [1.807, 2.05) is 6.92 Å².